The normalized spacial score (nSPS) is 12.9. The molecule has 0 atom stereocenters. The Morgan fingerprint density at radius 2 is 2.04 bits per heavy atom. The Bertz CT molecular complexity index is 872. The number of carbonyl (C=O) groups excluding carboxylic acids is 2. The molecule has 0 aliphatic carbocycles. The smallest absolute Gasteiger partial charge is 0.265 e. The van der Waals surface area contributed by atoms with E-state index >= 15 is 0 Å². The highest BCUT2D eigenvalue weighted by atomic mass is 32.2. The number of likely N-dealkylation sites (N-methyl/N-ethyl adjacent to an activating group) is 1. The van der Waals surface area contributed by atoms with E-state index in [1.165, 1.54) is 11.8 Å². The fourth-order valence-corrected chi connectivity index (χ4v) is 3.62. The van der Waals surface area contributed by atoms with Crippen LogP contribution in [0.25, 0.3) is 0 Å². The number of nitriles is 1. The number of nitrogens with zero attached hydrogens (tertiary/aromatic N) is 2. The second-order valence-electron chi connectivity index (χ2n) is 5.83. The summed E-state index contributed by atoms with van der Waals surface area (Å²) in [5, 5.41) is 8.81. The average Bonchev–Trinajstić information content (AvgIpc) is 2.68. The van der Waals surface area contributed by atoms with Gasteiger partial charge in [0, 0.05) is 17.9 Å². The van der Waals surface area contributed by atoms with Gasteiger partial charge in [-0.3, -0.25) is 9.59 Å². The van der Waals surface area contributed by atoms with E-state index in [2.05, 4.69) is 6.07 Å². The van der Waals surface area contributed by atoms with Crippen LogP contribution in [0.4, 0.5) is 5.69 Å². The Morgan fingerprint density at radius 1 is 1.27 bits per heavy atom. The van der Waals surface area contributed by atoms with E-state index in [0.29, 0.717) is 40.6 Å². The molecule has 6 heteroatoms. The molecule has 2 aromatic carbocycles. The van der Waals surface area contributed by atoms with Crippen molar-refractivity contribution in [3.05, 3.63) is 59.2 Å². The Balaban J connectivity index is 1.64. The van der Waals surface area contributed by atoms with Gasteiger partial charge in [0.1, 0.15) is 5.75 Å². The number of thioether (sulfide) groups is 1. The molecule has 2 aromatic rings. The maximum atomic E-state index is 12.5. The number of ether oxygens (including phenoxy) is 1. The van der Waals surface area contributed by atoms with E-state index in [4.69, 9.17) is 10.00 Å². The number of benzene rings is 2. The number of rotatable bonds is 6. The van der Waals surface area contributed by atoms with Crippen molar-refractivity contribution in [1.29, 1.82) is 5.26 Å². The van der Waals surface area contributed by atoms with Gasteiger partial charge in [-0.05, 0) is 42.8 Å². The first kappa shape index (κ1) is 18.0. The molecule has 1 heterocycles. The third kappa shape index (κ3) is 3.89. The minimum atomic E-state index is -0.0974. The van der Waals surface area contributed by atoms with Crippen molar-refractivity contribution in [2.24, 2.45) is 0 Å². The Hall–Kier alpha value is -2.78. The fourth-order valence-electron chi connectivity index (χ4n) is 2.74. The van der Waals surface area contributed by atoms with Crippen LogP contribution in [0.1, 0.15) is 28.4 Å². The largest absolute Gasteiger partial charge is 0.482 e. The van der Waals surface area contributed by atoms with Crippen LogP contribution in [0.5, 0.6) is 5.75 Å². The number of fused-ring (bicyclic) bond motifs is 1. The second kappa shape index (κ2) is 8.07. The van der Waals surface area contributed by atoms with E-state index in [0.717, 1.165) is 5.56 Å². The van der Waals surface area contributed by atoms with E-state index < -0.39 is 0 Å². The molecule has 0 bridgehead atoms. The van der Waals surface area contributed by atoms with E-state index in [1.54, 1.807) is 35.2 Å². The summed E-state index contributed by atoms with van der Waals surface area (Å²) in [6.07, 6.45) is 0. The maximum absolute atomic E-state index is 12.5. The Morgan fingerprint density at radius 3 is 2.73 bits per heavy atom. The molecule has 3 rings (SSSR count). The summed E-state index contributed by atoms with van der Waals surface area (Å²) in [4.78, 5) is 26.1. The average molecular weight is 366 g/mol. The van der Waals surface area contributed by atoms with Crippen LogP contribution in [0, 0.1) is 11.3 Å². The zero-order chi connectivity index (χ0) is 18.5. The highest BCUT2D eigenvalue weighted by Gasteiger charge is 2.25. The SMILES string of the molecule is CCN1C(=O)COc2ccc(C(=O)CSCc3ccc(C#N)cc3)cc21. The number of hydrogen-bond acceptors (Lipinski definition) is 5. The zero-order valence-electron chi connectivity index (χ0n) is 14.4. The third-order valence-corrected chi connectivity index (χ3v) is 5.13. The first-order chi connectivity index (χ1) is 12.6. The highest BCUT2D eigenvalue weighted by Crippen LogP contribution is 2.33. The van der Waals surface area contributed by atoms with Crippen molar-refractivity contribution in [3.8, 4) is 11.8 Å². The third-order valence-electron chi connectivity index (χ3n) is 4.13. The summed E-state index contributed by atoms with van der Waals surface area (Å²) in [5.41, 5.74) is 2.93. The highest BCUT2D eigenvalue weighted by molar-refractivity contribution is 7.99. The van der Waals surface area contributed by atoms with Gasteiger partial charge in [0.25, 0.3) is 5.91 Å². The summed E-state index contributed by atoms with van der Waals surface area (Å²) in [6, 6.07) is 14.7. The molecule has 0 spiro atoms. The number of amides is 1. The molecule has 26 heavy (non-hydrogen) atoms. The lowest BCUT2D eigenvalue weighted by Crippen LogP contribution is -2.38. The van der Waals surface area contributed by atoms with Crippen molar-refractivity contribution >= 4 is 29.1 Å². The van der Waals surface area contributed by atoms with Crippen LogP contribution < -0.4 is 9.64 Å². The molecule has 0 saturated carbocycles. The van der Waals surface area contributed by atoms with Gasteiger partial charge >= 0.3 is 0 Å². The minimum absolute atomic E-state index is 0.0144. The van der Waals surface area contributed by atoms with Crippen molar-refractivity contribution < 1.29 is 14.3 Å². The van der Waals surface area contributed by atoms with Gasteiger partial charge in [-0.15, -0.1) is 11.8 Å². The lowest BCUT2D eigenvalue weighted by molar-refractivity contribution is -0.121. The van der Waals surface area contributed by atoms with Crippen molar-refractivity contribution in [3.63, 3.8) is 0 Å². The minimum Gasteiger partial charge on any atom is -0.482 e. The molecule has 0 saturated heterocycles. The van der Waals surface area contributed by atoms with Gasteiger partial charge in [-0.1, -0.05) is 12.1 Å². The fraction of sp³-hybridized carbons (Fsp3) is 0.250. The van der Waals surface area contributed by atoms with Crippen LogP contribution in [0.3, 0.4) is 0 Å². The zero-order valence-corrected chi connectivity index (χ0v) is 15.2. The molecule has 0 unspecified atom stereocenters. The predicted octanol–water partition coefficient (Wildman–Crippen LogP) is 3.42. The summed E-state index contributed by atoms with van der Waals surface area (Å²) in [7, 11) is 0. The van der Waals surface area contributed by atoms with Gasteiger partial charge in [-0.25, -0.2) is 0 Å². The van der Waals surface area contributed by atoms with Crippen LogP contribution in [0.15, 0.2) is 42.5 Å². The summed E-state index contributed by atoms with van der Waals surface area (Å²) < 4.78 is 5.43. The van der Waals surface area contributed by atoms with Crippen molar-refractivity contribution in [2.75, 3.05) is 23.8 Å². The second-order valence-corrected chi connectivity index (χ2v) is 6.82. The molecule has 0 N–H and O–H groups in total. The standard InChI is InChI=1S/C20H18N2O3S/c1-2-22-17-9-16(7-8-19(17)25-11-20(22)24)18(23)13-26-12-15-5-3-14(10-21)4-6-15/h3-9H,2,11-13H2,1H3. The van der Waals surface area contributed by atoms with Crippen molar-refractivity contribution in [1.82, 2.24) is 0 Å². The van der Waals surface area contributed by atoms with Gasteiger partial charge in [-0.2, -0.15) is 5.26 Å². The van der Waals surface area contributed by atoms with Crippen LogP contribution in [-0.4, -0.2) is 30.6 Å². The van der Waals surface area contributed by atoms with Gasteiger partial charge in [0.2, 0.25) is 0 Å². The van der Waals surface area contributed by atoms with E-state index in [1.807, 2.05) is 19.1 Å². The number of ketones is 1. The predicted molar refractivity (Wildman–Crippen MR) is 102 cm³/mol. The summed E-state index contributed by atoms with van der Waals surface area (Å²) in [5.74, 6) is 1.60. The monoisotopic (exact) mass is 366 g/mol. The lowest BCUT2D eigenvalue weighted by Gasteiger charge is -2.28. The van der Waals surface area contributed by atoms with Crippen LogP contribution >= 0.6 is 11.8 Å². The molecule has 0 fully saturated rings. The molecular weight excluding hydrogens is 348 g/mol. The number of Topliss-reactive ketones (excluding diaryl/α,β-unsaturated/α-hetero) is 1. The van der Waals surface area contributed by atoms with Crippen molar-refractivity contribution in [2.45, 2.75) is 12.7 Å². The number of hydrogen-bond donors (Lipinski definition) is 0. The molecule has 5 nitrogen and oxygen atoms in total. The molecular formula is C20H18N2O3S. The van der Waals surface area contributed by atoms with Gasteiger partial charge in [0.15, 0.2) is 12.4 Å². The Kier molecular flexibility index (Phi) is 5.59. The maximum Gasteiger partial charge on any atom is 0.265 e. The first-order valence-corrected chi connectivity index (χ1v) is 9.45. The number of anilines is 1. The van der Waals surface area contributed by atoms with Crippen LogP contribution in [0.2, 0.25) is 0 Å². The van der Waals surface area contributed by atoms with Crippen LogP contribution in [-0.2, 0) is 10.5 Å². The topological polar surface area (TPSA) is 70.4 Å². The lowest BCUT2D eigenvalue weighted by atomic mass is 10.1. The summed E-state index contributed by atoms with van der Waals surface area (Å²) in [6.45, 7) is 2.48. The van der Waals surface area contributed by atoms with Gasteiger partial charge in [0.05, 0.1) is 23.1 Å². The van der Waals surface area contributed by atoms with E-state index in [9.17, 15) is 9.59 Å². The molecule has 1 aliphatic heterocycles. The molecule has 0 radical (unpaired) electrons. The quantitative estimate of drug-likeness (QED) is 0.733. The summed E-state index contributed by atoms with van der Waals surface area (Å²) >= 11 is 1.52. The molecule has 1 amide bonds. The molecule has 0 aromatic heterocycles. The van der Waals surface area contributed by atoms with E-state index in [-0.39, 0.29) is 18.3 Å². The molecule has 132 valence electrons. The Labute approximate surface area is 156 Å². The first-order valence-electron chi connectivity index (χ1n) is 8.29. The van der Waals surface area contributed by atoms with Gasteiger partial charge < -0.3 is 9.64 Å². The number of carbonyl (C=O) groups is 2. The molecule has 1 aliphatic rings.